The fraction of sp³-hybridized carbons (Fsp3) is 0.364. The van der Waals surface area contributed by atoms with Gasteiger partial charge in [-0.2, -0.15) is 0 Å². The van der Waals surface area contributed by atoms with E-state index in [2.05, 4.69) is 20.9 Å². The number of rotatable bonds is 9. The van der Waals surface area contributed by atoms with E-state index >= 15 is 0 Å². The Morgan fingerprint density at radius 2 is 1.83 bits per heavy atom. The number of benzene rings is 1. The molecule has 1 aromatic carbocycles. The van der Waals surface area contributed by atoms with Crippen molar-refractivity contribution in [2.45, 2.75) is 32.1 Å². The highest BCUT2D eigenvalue weighted by molar-refractivity contribution is 6.09. The van der Waals surface area contributed by atoms with Crippen LogP contribution in [0.15, 0.2) is 48.7 Å². The van der Waals surface area contributed by atoms with E-state index in [1.807, 2.05) is 30.3 Å². The van der Waals surface area contributed by atoms with E-state index in [1.165, 1.54) is 4.90 Å². The van der Waals surface area contributed by atoms with Crippen molar-refractivity contribution in [3.63, 3.8) is 0 Å². The quantitative estimate of drug-likeness (QED) is 0.554. The Morgan fingerprint density at radius 1 is 1.00 bits per heavy atom. The molecule has 8 heteroatoms. The van der Waals surface area contributed by atoms with Crippen molar-refractivity contribution in [2.75, 3.05) is 29.9 Å². The first-order valence-electron chi connectivity index (χ1n) is 10.2. The first kappa shape index (κ1) is 21.3. The van der Waals surface area contributed by atoms with Gasteiger partial charge in [-0.25, -0.2) is 4.79 Å². The van der Waals surface area contributed by atoms with E-state index in [0.29, 0.717) is 30.9 Å². The van der Waals surface area contributed by atoms with E-state index < -0.39 is 0 Å². The highest BCUT2D eigenvalue weighted by atomic mass is 16.2. The number of unbranched alkanes of at least 4 members (excludes halogenated alkanes) is 2. The van der Waals surface area contributed by atoms with Gasteiger partial charge in [-0.3, -0.25) is 19.5 Å². The normalized spacial score (nSPS) is 12.7. The molecule has 1 aromatic heterocycles. The van der Waals surface area contributed by atoms with Crippen LogP contribution in [0, 0.1) is 0 Å². The number of anilines is 2. The van der Waals surface area contributed by atoms with Crippen LogP contribution in [-0.4, -0.2) is 42.5 Å². The van der Waals surface area contributed by atoms with Gasteiger partial charge in [0.15, 0.2) is 0 Å². The van der Waals surface area contributed by atoms with Crippen molar-refractivity contribution in [3.05, 3.63) is 54.4 Å². The number of pyridine rings is 1. The second-order valence-corrected chi connectivity index (χ2v) is 7.12. The van der Waals surface area contributed by atoms with Crippen LogP contribution in [0.5, 0.6) is 0 Å². The van der Waals surface area contributed by atoms with Gasteiger partial charge in [0.05, 0.1) is 11.4 Å². The molecule has 0 saturated heterocycles. The van der Waals surface area contributed by atoms with Crippen molar-refractivity contribution in [2.24, 2.45) is 0 Å². The molecule has 0 bridgehead atoms. The number of nitrogens with one attached hydrogen (secondary N) is 3. The molecule has 2 aromatic rings. The third-order valence-corrected chi connectivity index (χ3v) is 4.80. The summed E-state index contributed by atoms with van der Waals surface area (Å²) in [5.41, 5.74) is 2.29. The molecule has 4 amide bonds. The van der Waals surface area contributed by atoms with Gasteiger partial charge < -0.3 is 16.0 Å². The largest absolute Gasteiger partial charge is 0.356 e. The van der Waals surface area contributed by atoms with E-state index in [4.69, 9.17) is 0 Å². The van der Waals surface area contributed by atoms with Crippen LogP contribution in [0.3, 0.4) is 0 Å². The lowest BCUT2D eigenvalue weighted by Crippen LogP contribution is -2.47. The van der Waals surface area contributed by atoms with E-state index in [0.717, 1.165) is 31.4 Å². The highest BCUT2D eigenvalue weighted by Crippen LogP contribution is 2.28. The third-order valence-electron chi connectivity index (χ3n) is 4.80. The molecule has 3 rings (SSSR count). The SMILES string of the molecule is O=C(CCCCCNC(=O)N1CC(=O)Nc2ccccc21)NCCc1ccccn1. The Kier molecular flexibility index (Phi) is 7.77. The molecule has 0 spiro atoms. The third kappa shape index (κ3) is 6.30. The maximum absolute atomic E-state index is 12.4. The number of hydrogen-bond donors (Lipinski definition) is 3. The first-order valence-corrected chi connectivity index (χ1v) is 10.2. The van der Waals surface area contributed by atoms with Gasteiger partial charge in [-0.05, 0) is 37.1 Å². The maximum atomic E-state index is 12.4. The number of amides is 4. The Hall–Kier alpha value is -3.42. The molecule has 0 atom stereocenters. The Morgan fingerprint density at radius 3 is 2.67 bits per heavy atom. The van der Waals surface area contributed by atoms with Crippen molar-refractivity contribution in [3.8, 4) is 0 Å². The van der Waals surface area contributed by atoms with Crippen LogP contribution in [0.2, 0.25) is 0 Å². The molecule has 1 aliphatic rings. The summed E-state index contributed by atoms with van der Waals surface area (Å²) >= 11 is 0. The topological polar surface area (TPSA) is 103 Å². The summed E-state index contributed by atoms with van der Waals surface area (Å²) in [5, 5.41) is 8.52. The van der Waals surface area contributed by atoms with Gasteiger partial charge in [0.1, 0.15) is 6.54 Å². The average molecular weight is 409 g/mol. The Balaban J connectivity index is 1.28. The summed E-state index contributed by atoms with van der Waals surface area (Å²) < 4.78 is 0. The van der Waals surface area contributed by atoms with Crippen molar-refractivity contribution < 1.29 is 14.4 Å². The minimum atomic E-state index is -0.287. The van der Waals surface area contributed by atoms with Gasteiger partial charge in [-0.15, -0.1) is 0 Å². The zero-order valence-corrected chi connectivity index (χ0v) is 16.9. The van der Waals surface area contributed by atoms with Crippen LogP contribution >= 0.6 is 0 Å². The first-order chi connectivity index (χ1) is 14.6. The van der Waals surface area contributed by atoms with Gasteiger partial charge in [-0.1, -0.05) is 24.6 Å². The summed E-state index contributed by atoms with van der Waals surface area (Å²) in [5.74, 6) is -0.177. The van der Waals surface area contributed by atoms with Crippen molar-refractivity contribution in [1.82, 2.24) is 15.6 Å². The van der Waals surface area contributed by atoms with Crippen LogP contribution in [0.25, 0.3) is 0 Å². The van der Waals surface area contributed by atoms with Crippen LogP contribution in [-0.2, 0) is 16.0 Å². The molecule has 0 unspecified atom stereocenters. The lowest BCUT2D eigenvalue weighted by molar-refractivity contribution is -0.121. The number of fused-ring (bicyclic) bond motifs is 1. The van der Waals surface area contributed by atoms with E-state index in [-0.39, 0.29) is 24.4 Å². The lowest BCUT2D eigenvalue weighted by atomic mass is 10.2. The summed E-state index contributed by atoms with van der Waals surface area (Å²) in [4.78, 5) is 41.8. The van der Waals surface area contributed by atoms with Gasteiger partial charge in [0, 0.05) is 37.8 Å². The Bertz CT molecular complexity index is 872. The molecule has 158 valence electrons. The molecule has 30 heavy (non-hydrogen) atoms. The van der Waals surface area contributed by atoms with E-state index in [1.54, 1.807) is 18.3 Å². The Labute approximate surface area is 176 Å². The predicted octanol–water partition coefficient (Wildman–Crippen LogP) is 2.47. The highest BCUT2D eigenvalue weighted by Gasteiger charge is 2.26. The number of carbonyl (C=O) groups excluding carboxylic acids is 3. The molecule has 0 radical (unpaired) electrons. The number of urea groups is 1. The minimum Gasteiger partial charge on any atom is -0.356 e. The van der Waals surface area contributed by atoms with Gasteiger partial charge in [0.25, 0.3) is 0 Å². The molecular formula is C22H27N5O3. The number of carbonyl (C=O) groups is 3. The lowest BCUT2D eigenvalue weighted by Gasteiger charge is -2.29. The molecule has 0 saturated carbocycles. The van der Waals surface area contributed by atoms with Crippen LogP contribution < -0.4 is 20.9 Å². The second-order valence-electron chi connectivity index (χ2n) is 7.12. The smallest absolute Gasteiger partial charge is 0.322 e. The average Bonchev–Trinajstić information content (AvgIpc) is 2.76. The molecule has 2 heterocycles. The second kappa shape index (κ2) is 10.9. The zero-order valence-electron chi connectivity index (χ0n) is 16.9. The molecule has 8 nitrogen and oxygen atoms in total. The number of aromatic nitrogens is 1. The number of hydrogen-bond acceptors (Lipinski definition) is 4. The maximum Gasteiger partial charge on any atom is 0.322 e. The zero-order chi connectivity index (χ0) is 21.2. The van der Waals surface area contributed by atoms with Crippen LogP contribution in [0.4, 0.5) is 16.2 Å². The molecule has 0 fully saturated rings. The number of para-hydroxylation sites is 2. The molecule has 1 aliphatic heterocycles. The van der Waals surface area contributed by atoms with Crippen molar-refractivity contribution in [1.29, 1.82) is 0 Å². The summed E-state index contributed by atoms with van der Waals surface area (Å²) in [6.45, 7) is 1.08. The monoisotopic (exact) mass is 409 g/mol. The summed E-state index contributed by atoms with van der Waals surface area (Å²) in [7, 11) is 0. The molecule has 0 aliphatic carbocycles. The number of nitrogens with zero attached hydrogens (tertiary/aromatic N) is 2. The van der Waals surface area contributed by atoms with Crippen molar-refractivity contribution >= 4 is 29.2 Å². The van der Waals surface area contributed by atoms with Gasteiger partial charge >= 0.3 is 6.03 Å². The van der Waals surface area contributed by atoms with Gasteiger partial charge in [0.2, 0.25) is 11.8 Å². The summed E-state index contributed by atoms with van der Waals surface area (Å²) in [6, 6.07) is 12.7. The molecule has 3 N–H and O–H groups in total. The summed E-state index contributed by atoms with van der Waals surface area (Å²) in [6.07, 6.45) is 5.31. The minimum absolute atomic E-state index is 0.00151. The van der Waals surface area contributed by atoms with Crippen LogP contribution in [0.1, 0.15) is 31.4 Å². The standard InChI is InChI=1S/C22H27N5O3/c28-20(24-15-12-17-8-5-7-13-23-17)11-2-1-6-14-25-22(30)27-16-21(29)26-18-9-3-4-10-19(18)27/h3-5,7-10,13H,1-2,6,11-12,14-16H2,(H,24,28)(H,25,30)(H,26,29). The van der Waals surface area contributed by atoms with E-state index in [9.17, 15) is 14.4 Å². The fourth-order valence-corrected chi connectivity index (χ4v) is 3.26. The predicted molar refractivity (Wildman–Crippen MR) is 115 cm³/mol. The fourth-order valence-electron chi connectivity index (χ4n) is 3.26. The molecular weight excluding hydrogens is 382 g/mol.